The van der Waals surface area contributed by atoms with Gasteiger partial charge in [-0.05, 0) is 37.1 Å². The highest BCUT2D eigenvalue weighted by Gasteiger charge is 2.30. The van der Waals surface area contributed by atoms with E-state index >= 15 is 0 Å². The maximum Gasteiger partial charge on any atom is 0.193 e. The molecule has 1 aliphatic rings. The minimum Gasteiger partial charge on any atom is -0.497 e. The molecular weight excluding hydrogens is 278 g/mol. The zero-order valence-corrected chi connectivity index (χ0v) is 12.2. The number of hydrogen-bond acceptors (Lipinski definition) is 4. The molecule has 0 aliphatic carbocycles. The summed E-state index contributed by atoms with van der Waals surface area (Å²) in [4.78, 5) is 4.11. The minimum atomic E-state index is -2.97. The summed E-state index contributed by atoms with van der Waals surface area (Å²) >= 11 is 0. The molecule has 2 rings (SSSR count). The van der Waals surface area contributed by atoms with Gasteiger partial charge in [-0.1, -0.05) is 0 Å². The molecule has 1 saturated heterocycles. The van der Waals surface area contributed by atoms with Crippen LogP contribution in [0.25, 0.3) is 0 Å². The Balaban J connectivity index is 1.93. The molecule has 0 spiro atoms. The maximum absolute atomic E-state index is 11.7. The number of nitrogens with zero attached hydrogens (tertiary/aromatic N) is 1. The normalized spacial score (nSPS) is 21.6. The summed E-state index contributed by atoms with van der Waals surface area (Å²) in [5.74, 6) is 1.24. The number of anilines is 1. The summed E-state index contributed by atoms with van der Waals surface area (Å²) in [6, 6.07) is 7.23. The van der Waals surface area contributed by atoms with E-state index in [1.54, 1.807) is 19.2 Å². The zero-order chi connectivity index (χ0) is 14.6. The molecule has 110 valence electrons. The summed E-state index contributed by atoms with van der Waals surface area (Å²) < 4.78 is 28.4. The van der Waals surface area contributed by atoms with Gasteiger partial charge in [-0.3, -0.25) is 4.99 Å². The summed E-state index contributed by atoms with van der Waals surface area (Å²) in [5.41, 5.74) is 6.53. The fraction of sp³-hybridized carbons (Fsp3) is 0.462. The van der Waals surface area contributed by atoms with Crippen LogP contribution in [0.3, 0.4) is 0 Å². The maximum atomic E-state index is 11.7. The van der Waals surface area contributed by atoms with Crippen molar-refractivity contribution in [1.29, 1.82) is 0 Å². The first-order valence-electron chi connectivity index (χ1n) is 6.44. The molecule has 0 saturated carbocycles. The number of aliphatic imine (C=N–C) groups is 1. The quantitative estimate of drug-likeness (QED) is 0.638. The second-order valence-corrected chi connectivity index (χ2v) is 7.11. The van der Waals surface area contributed by atoms with Crippen molar-refractivity contribution in [1.82, 2.24) is 0 Å². The molecule has 0 amide bonds. The van der Waals surface area contributed by atoms with E-state index in [1.165, 1.54) is 0 Å². The number of methoxy groups -OCH3 is 1. The lowest BCUT2D eigenvalue weighted by Gasteiger charge is -2.09. The fourth-order valence-corrected chi connectivity index (χ4v) is 3.86. The lowest BCUT2D eigenvalue weighted by atomic mass is 10.2. The number of ether oxygens (including phenoxy) is 1. The molecule has 1 aromatic carbocycles. The number of sulfone groups is 1. The van der Waals surface area contributed by atoms with Gasteiger partial charge in [0.1, 0.15) is 5.75 Å². The molecule has 1 aromatic rings. The standard InChI is InChI=1S/C13H19N3O3S/c1-19-11-6-4-10(5-7-11)16-13(14)15-9-12-3-2-8-20(12,17)18/h4-7,12H,2-3,8-9H2,1H3,(H3,14,15,16). The van der Waals surface area contributed by atoms with Crippen LogP contribution in [0.5, 0.6) is 5.75 Å². The molecule has 1 atom stereocenters. The van der Waals surface area contributed by atoms with Gasteiger partial charge in [-0.15, -0.1) is 0 Å². The fourth-order valence-electron chi connectivity index (χ4n) is 2.13. The van der Waals surface area contributed by atoms with Gasteiger partial charge >= 0.3 is 0 Å². The smallest absolute Gasteiger partial charge is 0.193 e. The topological polar surface area (TPSA) is 93.8 Å². The third-order valence-corrected chi connectivity index (χ3v) is 5.55. The molecule has 0 aromatic heterocycles. The number of nitrogens with one attached hydrogen (secondary N) is 1. The Labute approximate surface area is 119 Å². The van der Waals surface area contributed by atoms with Gasteiger partial charge in [0.2, 0.25) is 0 Å². The largest absolute Gasteiger partial charge is 0.497 e. The van der Waals surface area contributed by atoms with E-state index in [9.17, 15) is 8.42 Å². The average Bonchev–Trinajstić information content (AvgIpc) is 2.76. The van der Waals surface area contributed by atoms with Crippen LogP contribution in [-0.2, 0) is 9.84 Å². The van der Waals surface area contributed by atoms with Gasteiger partial charge in [0, 0.05) is 5.69 Å². The summed E-state index contributed by atoms with van der Waals surface area (Å²) in [6.07, 6.45) is 1.38. The molecular formula is C13H19N3O3S. The summed E-state index contributed by atoms with van der Waals surface area (Å²) in [6.45, 7) is 0.220. The van der Waals surface area contributed by atoms with Crippen molar-refractivity contribution in [2.75, 3.05) is 24.7 Å². The third-order valence-electron chi connectivity index (χ3n) is 3.29. The lowest BCUT2D eigenvalue weighted by Crippen LogP contribution is -2.26. The molecule has 6 nitrogen and oxygen atoms in total. The monoisotopic (exact) mass is 297 g/mol. The number of guanidine groups is 1. The summed E-state index contributed by atoms with van der Waals surface area (Å²) in [7, 11) is -1.37. The van der Waals surface area contributed by atoms with E-state index in [0.717, 1.165) is 11.4 Å². The predicted molar refractivity (Wildman–Crippen MR) is 79.9 cm³/mol. The van der Waals surface area contributed by atoms with E-state index in [0.29, 0.717) is 12.8 Å². The third kappa shape index (κ3) is 3.63. The van der Waals surface area contributed by atoms with Gasteiger partial charge in [0.15, 0.2) is 15.8 Å². The highest BCUT2D eigenvalue weighted by molar-refractivity contribution is 7.92. The highest BCUT2D eigenvalue weighted by Crippen LogP contribution is 2.20. The molecule has 1 heterocycles. The molecule has 0 bridgehead atoms. The second kappa shape index (κ2) is 6.13. The Bertz CT molecular complexity index is 581. The first kappa shape index (κ1) is 14.6. The lowest BCUT2D eigenvalue weighted by molar-refractivity contribution is 0.415. The van der Waals surface area contributed by atoms with Crippen LogP contribution in [-0.4, -0.2) is 39.0 Å². The number of hydrogen-bond donors (Lipinski definition) is 2. The summed E-state index contributed by atoms with van der Waals surface area (Å²) in [5, 5.41) is 2.53. The van der Waals surface area contributed by atoms with Gasteiger partial charge in [0.25, 0.3) is 0 Å². The van der Waals surface area contributed by atoms with E-state index in [2.05, 4.69) is 10.3 Å². The average molecular weight is 297 g/mol. The van der Waals surface area contributed by atoms with Gasteiger partial charge in [-0.2, -0.15) is 0 Å². The molecule has 1 aliphatic heterocycles. The van der Waals surface area contributed by atoms with Crippen molar-refractivity contribution in [2.45, 2.75) is 18.1 Å². The van der Waals surface area contributed by atoms with Crippen molar-refractivity contribution in [3.63, 3.8) is 0 Å². The second-order valence-electron chi connectivity index (χ2n) is 4.71. The number of nitrogens with two attached hydrogens (primary N) is 1. The molecule has 20 heavy (non-hydrogen) atoms. The van der Waals surface area contributed by atoms with Crippen molar-refractivity contribution in [3.8, 4) is 5.75 Å². The molecule has 1 unspecified atom stereocenters. The van der Waals surface area contributed by atoms with Crippen LogP contribution in [0.4, 0.5) is 5.69 Å². The SMILES string of the molecule is COc1ccc(NC(N)=NCC2CCCS2(=O)=O)cc1. The Morgan fingerprint density at radius 1 is 1.45 bits per heavy atom. The van der Waals surface area contributed by atoms with E-state index in [-0.39, 0.29) is 18.3 Å². The van der Waals surface area contributed by atoms with Crippen LogP contribution in [0.2, 0.25) is 0 Å². The van der Waals surface area contributed by atoms with Crippen molar-refractivity contribution < 1.29 is 13.2 Å². The molecule has 1 fully saturated rings. The Morgan fingerprint density at radius 3 is 2.70 bits per heavy atom. The van der Waals surface area contributed by atoms with Gasteiger partial charge in [0.05, 0.1) is 24.7 Å². The predicted octanol–water partition coefficient (Wildman–Crippen LogP) is 0.999. The van der Waals surface area contributed by atoms with Crippen molar-refractivity contribution >= 4 is 21.5 Å². The van der Waals surface area contributed by atoms with Crippen molar-refractivity contribution in [2.24, 2.45) is 10.7 Å². The van der Waals surface area contributed by atoms with E-state index in [4.69, 9.17) is 10.5 Å². The zero-order valence-electron chi connectivity index (χ0n) is 11.4. The van der Waals surface area contributed by atoms with Crippen LogP contribution >= 0.6 is 0 Å². The highest BCUT2D eigenvalue weighted by atomic mass is 32.2. The molecule has 0 radical (unpaired) electrons. The molecule has 7 heteroatoms. The number of benzene rings is 1. The van der Waals surface area contributed by atoms with Crippen LogP contribution in [0.15, 0.2) is 29.3 Å². The van der Waals surface area contributed by atoms with Gasteiger partial charge < -0.3 is 15.8 Å². The van der Waals surface area contributed by atoms with Crippen LogP contribution in [0, 0.1) is 0 Å². The van der Waals surface area contributed by atoms with E-state index in [1.807, 2.05) is 12.1 Å². The Hall–Kier alpha value is -1.76. The Morgan fingerprint density at radius 2 is 2.15 bits per heavy atom. The Kier molecular flexibility index (Phi) is 4.49. The van der Waals surface area contributed by atoms with Gasteiger partial charge in [-0.25, -0.2) is 8.42 Å². The van der Waals surface area contributed by atoms with E-state index < -0.39 is 15.1 Å². The van der Waals surface area contributed by atoms with Crippen LogP contribution < -0.4 is 15.8 Å². The van der Waals surface area contributed by atoms with Crippen LogP contribution in [0.1, 0.15) is 12.8 Å². The number of rotatable bonds is 4. The van der Waals surface area contributed by atoms with Crippen molar-refractivity contribution in [3.05, 3.63) is 24.3 Å². The minimum absolute atomic E-state index is 0.220. The first-order valence-corrected chi connectivity index (χ1v) is 8.15. The molecule has 3 N–H and O–H groups in total. The first-order chi connectivity index (χ1) is 9.51.